The molecule has 1 amide bonds. The fourth-order valence-electron chi connectivity index (χ4n) is 3.56. The van der Waals surface area contributed by atoms with E-state index in [1.165, 1.54) is 13.5 Å². The van der Waals surface area contributed by atoms with Crippen molar-refractivity contribution >= 4 is 17.8 Å². The van der Waals surface area contributed by atoms with Gasteiger partial charge in [-0.1, -0.05) is 12.8 Å². The summed E-state index contributed by atoms with van der Waals surface area (Å²) in [5.41, 5.74) is -0.346. The first-order valence-electron chi connectivity index (χ1n) is 7.64. The SMILES string of the molecule is COC(=O)Cc1nc(NC(=O)[C@@]23CCCC[C@H]2CNC3)n[nH]1. The smallest absolute Gasteiger partial charge is 0.313 e. The molecule has 1 saturated heterocycles. The highest BCUT2D eigenvalue weighted by molar-refractivity contribution is 5.94. The molecule has 1 saturated carbocycles. The number of carbonyl (C=O) groups excluding carboxylic acids is 2. The number of fused-ring (bicyclic) bond motifs is 1. The first-order valence-corrected chi connectivity index (χ1v) is 7.64. The number of rotatable bonds is 4. The van der Waals surface area contributed by atoms with Gasteiger partial charge in [-0.25, -0.2) is 0 Å². The molecule has 2 atom stereocenters. The number of ether oxygens (including phenoxy) is 1. The Balaban J connectivity index is 1.67. The van der Waals surface area contributed by atoms with Crippen molar-refractivity contribution in [2.75, 3.05) is 25.5 Å². The Kier molecular flexibility index (Phi) is 4.10. The molecule has 3 N–H and O–H groups in total. The molecule has 0 spiro atoms. The Labute approximate surface area is 128 Å². The molecule has 0 radical (unpaired) electrons. The van der Waals surface area contributed by atoms with Crippen LogP contribution in [0.25, 0.3) is 0 Å². The molecule has 2 heterocycles. The van der Waals surface area contributed by atoms with E-state index < -0.39 is 5.97 Å². The molecule has 3 rings (SSSR count). The van der Waals surface area contributed by atoms with Crippen LogP contribution in [0.5, 0.6) is 0 Å². The van der Waals surface area contributed by atoms with E-state index in [2.05, 4.69) is 30.6 Å². The zero-order chi connectivity index (χ0) is 15.6. The highest BCUT2D eigenvalue weighted by Crippen LogP contribution is 2.44. The summed E-state index contributed by atoms with van der Waals surface area (Å²) in [7, 11) is 1.32. The molecule has 0 aromatic carbocycles. The monoisotopic (exact) mass is 307 g/mol. The van der Waals surface area contributed by atoms with Crippen LogP contribution in [0, 0.1) is 11.3 Å². The number of anilines is 1. The lowest BCUT2D eigenvalue weighted by molar-refractivity contribution is -0.139. The van der Waals surface area contributed by atoms with Crippen molar-refractivity contribution in [2.45, 2.75) is 32.1 Å². The molecule has 8 heteroatoms. The van der Waals surface area contributed by atoms with E-state index in [4.69, 9.17) is 0 Å². The number of nitrogens with zero attached hydrogens (tertiary/aromatic N) is 2. The van der Waals surface area contributed by atoms with Crippen molar-refractivity contribution in [3.8, 4) is 0 Å². The molecule has 2 aliphatic rings. The number of hydrogen-bond donors (Lipinski definition) is 3. The molecule has 22 heavy (non-hydrogen) atoms. The maximum atomic E-state index is 12.7. The van der Waals surface area contributed by atoms with Gasteiger partial charge >= 0.3 is 5.97 Å². The third-order valence-corrected chi connectivity index (χ3v) is 4.79. The fraction of sp³-hybridized carbons (Fsp3) is 0.714. The van der Waals surface area contributed by atoms with E-state index in [1.807, 2.05) is 0 Å². The summed E-state index contributed by atoms with van der Waals surface area (Å²) in [5.74, 6) is 0.555. The van der Waals surface area contributed by atoms with Gasteiger partial charge in [0, 0.05) is 6.54 Å². The normalized spacial score (nSPS) is 27.2. The van der Waals surface area contributed by atoms with Gasteiger partial charge in [-0.3, -0.25) is 20.0 Å². The zero-order valence-electron chi connectivity index (χ0n) is 12.6. The van der Waals surface area contributed by atoms with Gasteiger partial charge in [0.2, 0.25) is 11.9 Å². The van der Waals surface area contributed by atoms with Crippen LogP contribution in [0.2, 0.25) is 0 Å². The third kappa shape index (κ3) is 2.70. The first kappa shape index (κ1) is 15.0. The Bertz CT molecular complexity index is 573. The molecule has 1 aromatic rings. The zero-order valence-corrected chi connectivity index (χ0v) is 12.6. The molecule has 1 aliphatic carbocycles. The Morgan fingerprint density at radius 1 is 1.45 bits per heavy atom. The second-order valence-corrected chi connectivity index (χ2v) is 6.04. The van der Waals surface area contributed by atoms with E-state index in [0.717, 1.165) is 25.8 Å². The van der Waals surface area contributed by atoms with Crippen LogP contribution < -0.4 is 10.6 Å². The number of methoxy groups -OCH3 is 1. The summed E-state index contributed by atoms with van der Waals surface area (Å²) in [6.45, 7) is 1.61. The average molecular weight is 307 g/mol. The van der Waals surface area contributed by atoms with E-state index in [-0.39, 0.29) is 23.7 Å². The average Bonchev–Trinajstić information content (AvgIpc) is 3.14. The molecule has 1 aromatic heterocycles. The van der Waals surface area contributed by atoms with Crippen LogP contribution in [0.3, 0.4) is 0 Å². The quantitative estimate of drug-likeness (QED) is 0.687. The largest absolute Gasteiger partial charge is 0.469 e. The number of aromatic nitrogens is 3. The van der Waals surface area contributed by atoms with E-state index in [9.17, 15) is 9.59 Å². The Morgan fingerprint density at radius 2 is 2.32 bits per heavy atom. The highest BCUT2D eigenvalue weighted by atomic mass is 16.5. The molecule has 120 valence electrons. The van der Waals surface area contributed by atoms with Crippen LogP contribution in [-0.4, -0.2) is 47.3 Å². The number of aromatic amines is 1. The number of hydrogen-bond acceptors (Lipinski definition) is 6. The summed E-state index contributed by atoms with van der Waals surface area (Å²) in [6.07, 6.45) is 4.26. The highest BCUT2D eigenvalue weighted by Gasteiger charge is 2.50. The summed E-state index contributed by atoms with van der Waals surface area (Å²) in [6, 6.07) is 0. The Morgan fingerprint density at radius 3 is 3.14 bits per heavy atom. The van der Waals surface area contributed by atoms with Crippen LogP contribution in [0.1, 0.15) is 31.5 Å². The molecule has 8 nitrogen and oxygen atoms in total. The van der Waals surface area contributed by atoms with Gasteiger partial charge in [-0.15, -0.1) is 5.10 Å². The van der Waals surface area contributed by atoms with Crippen molar-refractivity contribution in [1.82, 2.24) is 20.5 Å². The number of carbonyl (C=O) groups is 2. The van der Waals surface area contributed by atoms with Crippen LogP contribution >= 0.6 is 0 Å². The van der Waals surface area contributed by atoms with Crippen molar-refractivity contribution in [2.24, 2.45) is 11.3 Å². The summed E-state index contributed by atoms with van der Waals surface area (Å²) >= 11 is 0. The first-order chi connectivity index (χ1) is 10.6. The predicted octanol–water partition coefficient (Wildman–Crippen LogP) is 0.239. The van der Waals surface area contributed by atoms with Gasteiger partial charge in [0.25, 0.3) is 0 Å². The number of nitrogens with one attached hydrogen (secondary N) is 3. The van der Waals surface area contributed by atoms with Gasteiger partial charge in [0.1, 0.15) is 12.2 Å². The minimum atomic E-state index is -0.403. The lowest BCUT2D eigenvalue weighted by Gasteiger charge is -2.36. The summed E-state index contributed by atoms with van der Waals surface area (Å²) in [5, 5.41) is 12.7. The van der Waals surface area contributed by atoms with Crippen molar-refractivity contribution < 1.29 is 14.3 Å². The summed E-state index contributed by atoms with van der Waals surface area (Å²) < 4.78 is 4.57. The summed E-state index contributed by atoms with van der Waals surface area (Å²) in [4.78, 5) is 28.0. The second-order valence-electron chi connectivity index (χ2n) is 6.04. The number of H-pyrrole nitrogens is 1. The number of amides is 1. The standard InChI is InChI=1S/C14H21N5O3/c1-22-11(20)6-10-16-13(19-18-10)17-12(21)14-5-3-2-4-9(14)7-15-8-14/h9,15H,2-8H2,1H3,(H2,16,17,18,19,21)/t9-,14+/m0/s1. The van der Waals surface area contributed by atoms with Crippen LogP contribution in [0.15, 0.2) is 0 Å². The Hall–Kier alpha value is -1.96. The van der Waals surface area contributed by atoms with Gasteiger partial charge < -0.3 is 10.1 Å². The number of esters is 1. The maximum Gasteiger partial charge on any atom is 0.313 e. The van der Waals surface area contributed by atoms with Crippen molar-refractivity contribution in [3.63, 3.8) is 0 Å². The van der Waals surface area contributed by atoms with Gasteiger partial charge in [0.15, 0.2) is 0 Å². The van der Waals surface area contributed by atoms with Crippen LogP contribution in [-0.2, 0) is 20.7 Å². The lowest BCUT2D eigenvalue weighted by atomic mass is 9.67. The minimum absolute atomic E-state index is 0.00862. The predicted molar refractivity (Wildman–Crippen MR) is 78.0 cm³/mol. The minimum Gasteiger partial charge on any atom is -0.469 e. The molecule has 0 unspecified atom stereocenters. The molecular weight excluding hydrogens is 286 g/mol. The van der Waals surface area contributed by atoms with E-state index in [1.54, 1.807) is 0 Å². The van der Waals surface area contributed by atoms with Crippen LogP contribution in [0.4, 0.5) is 5.95 Å². The molecule has 2 fully saturated rings. The molecule has 0 bridgehead atoms. The fourth-order valence-corrected chi connectivity index (χ4v) is 3.56. The lowest BCUT2D eigenvalue weighted by Crippen LogP contribution is -2.44. The second kappa shape index (κ2) is 6.04. The molecule has 1 aliphatic heterocycles. The van der Waals surface area contributed by atoms with Gasteiger partial charge in [0.05, 0.1) is 12.5 Å². The maximum absolute atomic E-state index is 12.7. The van der Waals surface area contributed by atoms with Gasteiger partial charge in [-0.2, -0.15) is 4.98 Å². The topological polar surface area (TPSA) is 109 Å². The molecular formula is C14H21N5O3. The van der Waals surface area contributed by atoms with E-state index >= 15 is 0 Å². The third-order valence-electron chi connectivity index (χ3n) is 4.79. The van der Waals surface area contributed by atoms with Crippen molar-refractivity contribution in [1.29, 1.82) is 0 Å². The van der Waals surface area contributed by atoms with E-state index in [0.29, 0.717) is 18.3 Å². The van der Waals surface area contributed by atoms with Crippen molar-refractivity contribution in [3.05, 3.63) is 5.82 Å². The van der Waals surface area contributed by atoms with Gasteiger partial charge in [-0.05, 0) is 25.3 Å².